The highest BCUT2D eigenvalue weighted by molar-refractivity contribution is 6.50. The molecule has 1 saturated heterocycles. The summed E-state index contributed by atoms with van der Waals surface area (Å²) in [5, 5.41) is 2.82. The van der Waals surface area contributed by atoms with Crippen LogP contribution >= 0.6 is 0 Å². The van der Waals surface area contributed by atoms with Crippen LogP contribution in [0.5, 0.6) is 0 Å². The Morgan fingerprint density at radius 2 is 1.94 bits per heavy atom. The van der Waals surface area contributed by atoms with Crippen LogP contribution in [0.2, 0.25) is 0 Å². The summed E-state index contributed by atoms with van der Waals surface area (Å²) in [6, 6.07) is 11.1. The van der Waals surface area contributed by atoms with E-state index >= 15 is 0 Å². The third-order valence-electron chi connectivity index (χ3n) is 5.79. The molecule has 2 aliphatic rings. The SMILES string of the molecule is CN1CN=C(C(=O)Nc2ccc(=O)[nH]c2)c2cc(-c3cncc(N4CCOCC4)c3)ccc21. The standard InChI is InChI=1S/C24H24N6O3/c1-29-15-27-23(24(32)28-18-3-5-22(31)26-13-18)20-11-16(2-4-21(20)29)17-10-19(14-25-12-17)30-6-8-33-9-7-30/h2-5,10-14H,6-9,15H2,1H3,(H,26,31)(H,28,32). The molecule has 0 unspecified atom stereocenters. The number of benzene rings is 1. The quantitative estimate of drug-likeness (QED) is 0.639. The maximum absolute atomic E-state index is 13.0. The first-order valence-corrected chi connectivity index (χ1v) is 10.8. The Morgan fingerprint density at radius 3 is 2.73 bits per heavy atom. The molecule has 9 heteroatoms. The van der Waals surface area contributed by atoms with Gasteiger partial charge in [-0.3, -0.25) is 19.6 Å². The van der Waals surface area contributed by atoms with E-state index in [2.05, 4.69) is 31.2 Å². The molecule has 1 amide bonds. The van der Waals surface area contributed by atoms with Crippen LogP contribution in [-0.4, -0.2) is 61.6 Å². The van der Waals surface area contributed by atoms with E-state index in [9.17, 15) is 9.59 Å². The van der Waals surface area contributed by atoms with Crippen molar-refractivity contribution < 1.29 is 9.53 Å². The van der Waals surface area contributed by atoms with Crippen molar-refractivity contribution in [2.24, 2.45) is 4.99 Å². The van der Waals surface area contributed by atoms with Gasteiger partial charge in [-0.25, -0.2) is 0 Å². The summed E-state index contributed by atoms with van der Waals surface area (Å²) in [7, 11) is 1.94. The summed E-state index contributed by atoms with van der Waals surface area (Å²) in [6.45, 7) is 3.47. The lowest BCUT2D eigenvalue weighted by molar-refractivity contribution is -0.110. The third kappa shape index (κ3) is 4.35. The molecule has 0 bridgehead atoms. The minimum atomic E-state index is -0.325. The highest BCUT2D eigenvalue weighted by atomic mass is 16.5. The zero-order valence-corrected chi connectivity index (χ0v) is 18.2. The lowest BCUT2D eigenvalue weighted by Crippen LogP contribution is -2.36. The Kier molecular flexibility index (Phi) is 5.62. The number of fused-ring (bicyclic) bond motifs is 1. The lowest BCUT2D eigenvalue weighted by atomic mass is 9.98. The van der Waals surface area contributed by atoms with Crippen LogP contribution in [-0.2, 0) is 9.53 Å². The number of carbonyl (C=O) groups is 1. The number of nitrogens with zero attached hydrogens (tertiary/aromatic N) is 4. The molecule has 0 atom stereocenters. The minimum absolute atomic E-state index is 0.229. The molecule has 5 rings (SSSR count). The molecule has 33 heavy (non-hydrogen) atoms. The first-order valence-electron chi connectivity index (χ1n) is 10.8. The van der Waals surface area contributed by atoms with E-state index in [0.717, 1.165) is 41.2 Å². The van der Waals surface area contributed by atoms with Crippen LogP contribution in [0.4, 0.5) is 17.1 Å². The van der Waals surface area contributed by atoms with Crippen LogP contribution in [0.3, 0.4) is 0 Å². The van der Waals surface area contributed by atoms with Gasteiger partial charge in [-0.15, -0.1) is 0 Å². The lowest BCUT2D eigenvalue weighted by Gasteiger charge is -2.29. The highest BCUT2D eigenvalue weighted by Gasteiger charge is 2.24. The second-order valence-corrected chi connectivity index (χ2v) is 8.00. The summed E-state index contributed by atoms with van der Waals surface area (Å²) in [5.41, 5.74) is 5.28. The van der Waals surface area contributed by atoms with Crippen LogP contribution in [0.1, 0.15) is 5.56 Å². The van der Waals surface area contributed by atoms with Crippen molar-refractivity contribution >= 4 is 28.7 Å². The van der Waals surface area contributed by atoms with Gasteiger partial charge < -0.3 is 24.8 Å². The largest absolute Gasteiger partial charge is 0.378 e. The fraction of sp³-hybridized carbons (Fsp3) is 0.250. The number of carbonyl (C=O) groups excluding carboxylic acids is 1. The number of hydrogen-bond acceptors (Lipinski definition) is 7. The number of ether oxygens (including phenoxy) is 1. The van der Waals surface area contributed by atoms with Gasteiger partial charge in [0.2, 0.25) is 5.56 Å². The molecule has 3 aromatic rings. The van der Waals surface area contributed by atoms with Crippen molar-refractivity contribution in [2.45, 2.75) is 0 Å². The zero-order chi connectivity index (χ0) is 22.8. The summed E-state index contributed by atoms with van der Waals surface area (Å²) in [6.07, 6.45) is 5.16. The minimum Gasteiger partial charge on any atom is -0.378 e. The number of aromatic amines is 1. The topological polar surface area (TPSA) is 103 Å². The Bertz CT molecular complexity index is 1260. The monoisotopic (exact) mass is 444 g/mol. The Hall–Kier alpha value is -3.98. The Morgan fingerprint density at radius 1 is 1.09 bits per heavy atom. The molecule has 2 aliphatic heterocycles. The molecule has 2 aromatic heterocycles. The number of nitrogens with one attached hydrogen (secondary N) is 2. The molecule has 9 nitrogen and oxygen atoms in total. The van der Waals surface area contributed by atoms with Crippen molar-refractivity contribution in [1.82, 2.24) is 9.97 Å². The van der Waals surface area contributed by atoms with Gasteiger partial charge in [0.15, 0.2) is 0 Å². The fourth-order valence-electron chi connectivity index (χ4n) is 4.03. The molecule has 0 aliphatic carbocycles. The van der Waals surface area contributed by atoms with Crippen molar-refractivity contribution in [3.05, 3.63) is 70.9 Å². The van der Waals surface area contributed by atoms with Gasteiger partial charge in [0.25, 0.3) is 5.91 Å². The molecule has 1 fully saturated rings. The van der Waals surface area contributed by atoms with Crippen LogP contribution in [0.25, 0.3) is 11.1 Å². The van der Waals surface area contributed by atoms with Gasteiger partial charge in [-0.05, 0) is 29.8 Å². The van der Waals surface area contributed by atoms with Crippen molar-refractivity contribution in [2.75, 3.05) is 55.1 Å². The van der Waals surface area contributed by atoms with E-state index in [1.807, 2.05) is 42.5 Å². The average molecular weight is 444 g/mol. The number of aliphatic imine (C=N–C) groups is 1. The van der Waals surface area contributed by atoms with Crippen LogP contribution in [0, 0.1) is 0 Å². The second kappa shape index (κ2) is 8.87. The average Bonchev–Trinajstić information content (AvgIpc) is 2.86. The molecule has 0 spiro atoms. The summed E-state index contributed by atoms with van der Waals surface area (Å²) < 4.78 is 5.46. The summed E-state index contributed by atoms with van der Waals surface area (Å²) in [5.74, 6) is -0.325. The third-order valence-corrected chi connectivity index (χ3v) is 5.79. The van der Waals surface area contributed by atoms with Gasteiger partial charge >= 0.3 is 0 Å². The maximum Gasteiger partial charge on any atom is 0.274 e. The zero-order valence-electron chi connectivity index (χ0n) is 18.2. The Balaban J connectivity index is 1.46. The van der Waals surface area contributed by atoms with Gasteiger partial charge in [0, 0.05) is 55.4 Å². The second-order valence-electron chi connectivity index (χ2n) is 8.00. The summed E-state index contributed by atoms with van der Waals surface area (Å²) in [4.78, 5) is 40.1. The van der Waals surface area contributed by atoms with E-state index < -0.39 is 0 Å². The van der Waals surface area contributed by atoms with E-state index in [1.54, 1.807) is 6.07 Å². The van der Waals surface area contributed by atoms with E-state index in [0.29, 0.717) is 31.3 Å². The van der Waals surface area contributed by atoms with Gasteiger partial charge in [-0.2, -0.15) is 0 Å². The van der Waals surface area contributed by atoms with Crippen LogP contribution < -0.4 is 20.7 Å². The van der Waals surface area contributed by atoms with Gasteiger partial charge in [-0.1, -0.05) is 6.07 Å². The molecule has 4 heterocycles. The first kappa shape index (κ1) is 20.9. The maximum atomic E-state index is 13.0. The fourth-order valence-corrected chi connectivity index (χ4v) is 4.03. The van der Waals surface area contributed by atoms with Crippen molar-refractivity contribution in [3.63, 3.8) is 0 Å². The smallest absolute Gasteiger partial charge is 0.274 e. The van der Waals surface area contributed by atoms with Crippen LogP contribution in [0.15, 0.2) is 64.8 Å². The molecule has 0 saturated carbocycles. The van der Waals surface area contributed by atoms with E-state index in [-0.39, 0.29) is 11.5 Å². The van der Waals surface area contributed by atoms with E-state index in [4.69, 9.17) is 4.74 Å². The Labute approximate surface area is 190 Å². The highest BCUT2D eigenvalue weighted by Crippen LogP contribution is 2.31. The molecule has 168 valence electrons. The number of aromatic nitrogens is 2. The predicted molar refractivity (Wildman–Crippen MR) is 128 cm³/mol. The number of morpholine rings is 1. The predicted octanol–water partition coefficient (Wildman–Crippen LogP) is 2.11. The molecule has 2 N–H and O–H groups in total. The van der Waals surface area contributed by atoms with Gasteiger partial charge in [0.1, 0.15) is 12.4 Å². The first-order chi connectivity index (χ1) is 16.1. The number of pyridine rings is 2. The molecule has 0 radical (unpaired) electrons. The number of hydrogen-bond donors (Lipinski definition) is 2. The molecule has 1 aromatic carbocycles. The van der Waals surface area contributed by atoms with Gasteiger partial charge in [0.05, 0.1) is 30.8 Å². The van der Waals surface area contributed by atoms with E-state index in [1.165, 1.54) is 12.3 Å². The molecular weight excluding hydrogens is 420 g/mol. The molecular formula is C24H24N6O3. The van der Waals surface area contributed by atoms with Crippen molar-refractivity contribution in [3.8, 4) is 11.1 Å². The number of rotatable bonds is 4. The normalized spacial score (nSPS) is 15.6. The van der Waals surface area contributed by atoms with Crippen molar-refractivity contribution in [1.29, 1.82) is 0 Å². The number of anilines is 3. The number of amides is 1. The summed E-state index contributed by atoms with van der Waals surface area (Å²) >= 11 is 0. The number of H-pyrrole nitrogens is 1.